The molecule has 0 spiro atoms. The van der Waals surface area contributed by atoms with Gasteiger partial charge in [-0.25, -0.2) is 5.10 Å². The SMILES string of the molecule is [CH2]c1n[nH]c(=S)o1. The van der Waals surface area contributed by atoms with Gasteiger partial charge in [-0.3, -0.25) is 0 Å². The number of aromatic nitrogens is 2. The number of hydrogen-bond acceptors (Lipinski definition) is 3. The molecule has 1 heterocycles. The van der Waals surface area contributed by atoms with Gasteiger partial charge in [0.25, 0.3) is 4.84 Å². The Bertz CT molecular complexity index is 201. The Morgan fingerprint density at radius 1 is 1.86 bits per heavy atom. The van der Waals surface area contributed by atoms with Crippen molar-refractivity contribution in [2.45, 2.75) is 0 Å². The van der Waals surface area contributed by atoms with Crippen molar-refractivity contribution in [1.82, 2.24) is 10.2 Å². The maximum atomic E-state index is 4.62. The number of H-pyrrole nitrogens is 1. The first-order chi connectivity index (χ1) is 3.29. The molecule has 4 heteroatoms. The van der Waals surface area contributed by atoms with E-state index in [2.05, 4.69) is 33.8 Å². The Kier molecular flexibility index (Phi) is 0.941. The lowest BCUT2D eigenvalue weighted by Crippen LogP contribution is -1.65. The van der Waals surface area contributed by atoms with Crippen LogP contribution in [0.5, 0.6) is 0 Å². The molecule has 0 aromatic carbocycles. The molecule has 7 heavy (non-hydrogen) atoms. The summed E-state index contributed by atoms with van der Waals surface area (Å²) in [4.78, 5) is 0.269. The van der Waals surface area contributed by atoms with Gasteiger partial charge in [-0.1, -0.05) is 0 Å². The molecule has 0 unspecified atom stereocenters. The summed E-state index contributed by atoms with van der Waals surface area (Å²) < 4.78 is 4.62. The zero-order chi connectivity index (χ0) is 5.28. The lowest BCUT2D eigenvalue weighted by molar-refractivity contribution is 0.519. The molecule has 1 radical (unpaired) electrons. The van der Waals surface area contributed by atoms with Crippen LogP contribution in [0.1, 0.15) is 5.89 Å². The normalized spacial score (nSPS) is 9.29. The van der Waals surface area contributed by atoms with Crippen molar-refractivity contribution in [1.29, 1.82) is 0 Å². The van der Waals surface area contributed by atoms with Crippen LogP contribution >= 0.6 is 12.2 Å². The maximum absolute atomic E-state index is 4.62. The van der Waals surface area contributed by atoms with Gasteiger partial charge in [0.2, 0.25) is 5.89 Å². The van der Waals surface area contributed by atoms with Crippen molar-refractivity contribution >= 4 is 12.2 Å². The Morgan fingerprint density at radius 3 is 2.71 bits per heavy atom. The Hall–Kier alpha value is -0.640. The molecule has 0 aliphatic heterocycles. The molecule has 0 saturated carbocycles. The second-order valence-corrected chi connectivity index (χ2v) is 1.38. The predicted octanol–water partition coefficient (Wildman–Crippen LogP) is 0.914. The first-order valence-corrected chi connectivity index (χ1v) is 2.07. The van der Waals surface area contributed by atoms with E-state index in [1.54, 1.807) is 0 Å². The molecule has 1 N–H and O–H groups in total. The van der Waals surface area contributed by atoms with E-state index in [0.29, 0.717) is 5.89 Å². The standard InChI is InChI=1S/C3H3N2OS/c1-2-4-5-3(7)6-2/h1H2,(H,5,7). The summed E-state index contributed by atoms with van der Waals surface area (Å²) in [6, 6.07) is 0. The molecule has 0 bridgehead atoms. The highest BCUT2D eigenvalue weighted by atomic mass is 32.1. The van der Waals surface area contributed by atoms with E-state index in [9.17, 15) is 0 Å². The molecule has 1 rings (SSSR count). The number of hydrogen-bond donors (Lipinski definition) is 1. The van der Waals surface area contributed by atoms with Crippen molar-refractivity contribution in [3.63, 3.8) is 0 Å². The summed E-state index contributed by atoms with van der Waals surface area (Å²) in [6.07, 6.45) is 0. The van der Waals surface area contributed by atoms with Gasteiger partial charge < -0.3 is 4.42 Å². The van der Waals surface area contributed by atoms with E-state index in [-0.39, 0.29) is 4.84 Å². The van der Waals surface area contributed by atoms with Crippen LogP contribution in [0.4, 0.5) is 0 Å². The van der Waals surface area contributed by atoms with Gasteiger partial charge in [0.1, 0.15) is 0 Å². The monoisotopic (exact) mass is 115 g/mol. The number of nitrogens with zero attached hydrogens (tertiary/aromatic N) is 1. The minimum atomic E-state index is 0.269. The third-order valence-electron chi connectivity index (χ3n) is 0.482. The van der Waals surface area contributed by atoms with Gasteiger partial charge in [0, 0.05) is 6.92 Å². The first kappa shape index (κ1) is 4.52. The number of aromatic amines is 1. The highest BCUT2D eigenvalue weighted by Crippen LogP contribution is 1.87. The van der Waals surface area contributed by atoms with Crippen molar-refractivity contribution in [2.24, 2.45) is 0 Å². The minimum absolute atomic E-state index is 0.269. The van der Waals surface area contributed by atoms with E-state index in [0.717, 1.165) is 0 Å². The second-order valence-electron chi connectivity index (χ2n) is 1.01. The second kappa shape index (κ2) is 1.46. The Morgan fingerprint density at radius 2 is 2.57 bits per heavy atom. The average molecular weight is 115 g/mol. The molecule has 0 atom stereocenters. The topological polar surface area (TPSA) is 41.8 Å². The van der Waals surface area contributed by atoms with Gasteiger partial charge in [0.05, 0.1) is 0 Å². The van der Waals surface area contributed by atoms with Crippen LogP contribution in [-0.2, 0) is 0 Å². The quantitative estimate of drug-likeness (QED) is 0.511. The fourth-order valence-corrected chi connectivity index (χ4v) is 0.402. The van der Waals surface area contributed by atoms with E-state index in [4.69, 9.17) is 0 Å². The predicted molar refractivity (Wildman–Crippen MR) is 26.1 cm³/mol. The third kappa shape index (κ3) is 0.866. The molecule has 0 aliphatic carbocycles. The lowest BCUT2D eigenvalue weighted by Gasteiger charge is -1.64. The lowest BCUT2D eigenvalue weighted by atomic mass is 10.8. The maximum Gasteiger partial charge on any atom is 0.284 e. The van der Waals surface area contributed by atoms with Crippen molar-refractivity contribution < 1.29 is 4.42 Å². The summed E-state index contributed by atoms with van der Waals surface area (Å²) in [5.41, 5.74) is 0. The van der Waals surface area contributed by atoms with E-state index in [1.807, 2.05) is 0 Å². The van der Waals surface area contributed by atoms with Crippen LogP contribution in [0.15, 0.2) is 4.42 Å². The van der Waals surface area contributed by atoms with Crippen molar-refractivity contribution in [3.8, 4) is 0 Å². The number of nitrogens with one attached hydrogen (secondary N) is 1. The zero-order valence-corrected chi connectivity index (χ0v) is 4.29. The minimum Gasteiger partial charge on any atom is -0.414 e. The largest absolute Gasteiger partial charge is 0.414 e. The molecular weight excluding hydrogens is 112 g/mol. The van der Waals surface area contributed by atoms with Crippen molar-refractivity contribution in [2.75, 3.05) is 0 Å². The van der Waals surface area contributed by atoms with E-state index >= 15 is 0 Å². The Labute approximate surface area is 45.4 Å². The van der Waals surface area contributed by atoms with Gasteiger partial charge >= 0.3 is 0 Å². The van der Waals surface area contributed by atoms with Gasteiger partial charge in [-0.05, 0) is 12.2 Å². The van der Waals surface area contributed by atoms with E-state index < -0.39 is 0 Å². The highest BCUT2D eigenvalue weighted by Gasteiger charge is 1.83. The smallest absolute Gasteiger partial charge is 0.284 e. The molecule has 0 aliphatic rings. The molecule has 0 amide bonds. The summed E-state index contributed by atoms with van der Waals surface area (Å²) in [6.45, 7) is 3.37. The fourth-order valence-electron chi connectivity index (χ4n) is 0.261. The molecule has 3 nitrogen and oxygen atoms in total. The molecule has 0 saturated heterocycles. The van der Waals surface area contributed by atoms with Crippen LogP contribution in [0.2, 0.25) is 0 Å². The number of rotatable bonds is 0. The van der Waals surface area contributed by atoms with Crippen LogP contribution in [-0.4, -0.2) is 10.2 Å². The molecule has 37 valence electrons. The summed E-state index contributed by atoms with van der Waals surface area (Å²) >= 11 is 4.51. The van der Waals surface area contributed by atoms with Crippen molar-refractivity contribution in [3.05, 3.63) is 17.7 Å². The van der Waals surface area contributed by atoms with Gasteiger partial charge in [-0.15, -0.1) is 5.10 Å². The molecular formula is C3H3N2OS. The molecule has 1 aromatic heterocycles. The van der Waals surface area contributed by atoms with Gasteiger partial charge in [-0.2, -0.15) is 0 Å². The van der Waals surface area contributed by atoms with Crippen LogP contribution in [0, 0.1) is 11.8 Å². The highest BCUT2D eigenvalue weighted by molar-refractivity contribution is 7.71. The van der Waals surface area contributed by atoms with Crippen LogP contribution in [0.3, 0.4) is 0 Å². The fraction of sp³-hybridized carbons (Fsp3) is 0. The third-order valence-corrected chi connectivity index (χ3v) is 0.657. The summed E-state index contributed by atoms with van der Waals surface area (Å²) in [7, 11) is 0. The first-order valence-electron chi connectivity index (χ1n) is 1.66. The molecule has 0 fully saturated rings. The summed E-state index contributed by atoms with van der Waals surface area (Å²) in [5.74, 6) is 0.324. The zero-order valence-electron chi connectivity index (χ0n) is 3.47. The van der Waals surface area contributed by atoms with Crippen LogP contribution < -0.4 is 0 Å². The van der Waals surface area contributed by atoms with Gasteiger partial charge in [0.15, 0.2) is 0 Å². The van der Waals surface area contributed by atoms with E-state index in [1.165, 1.54) is 0 Å². The van der Waals surface area contributed by atoms with Crippen LogP contribution in [0.25, 0.3) is 0 Å². The molecule has 1 aromatic rings. The Balaban J connectivity index is 3.30. The summed E-state index contributed by atoms with van der Waals surface area (Å²) in [5, 5.41) is 5.91. The average Bonchev–Trinajstić information content (AvgIpc) is 1.87.